The Hall–Kier alpha value is -0.240. The number of thiocarbonyl (C=S) groups is 1. The van der Waals surface area contributed by atoms with Gasteiger partial charge in [-0.25, -0.2) is 0 Å². The minimum absolute atomic E-state index is 1.33. The van der Waals surface area contributed by atoms with Gasteiger partial charge >= 0.3 is 0 Å². The van der Waals surface area contributed by atoms with Gasteiger partial charge in [-0.1, -0.05) is 44.8 Å². The summed E-state index contributed by atoms with van der Waals surface area (Å²) in [5.74, 6) is 0. The van der Waals surface area contributed by atoms with E-state index in [-0.39, 0.29) is 0 Å². The highest BCUT2D eigenvalue weighted by molar-refractivity contribution is 7.78. The smallest absolute Gasteiger partial charge is 0.0766 e. The predicted molar refractivity (Wildman–Crippen MR) is 67.0 cm³/mol. The number of isothiocyanates is 1. The number of quaternary nitrogens is 1. The molecule has 0 unspecified atom stereocenters. The highest BCUT2D eigenvalue weighted by atomic mass is 32.1. The molecule has 0 amide bonds. The van der Waals surface area contributed by atoms with E-state index in [0.29, 0.717) is 0 Å². The topological polar surface area (TPSA) is 26.7 Å². The molecule has 0 bridgehead atoms. The monoisotopic (exact) mass is 216 g/mol. The van der Waals surface area contributed by atoms with E-state index in [1.54, 1.807) is 4.90 Å². The van der Waals surface area contributed by atoms with E-state index in [1.807, 2.05) is 0 Å². The lowest BCUT2D eigenvalue weighted by molar-refractivity contribution is -0.858. The molecule has 0 aromatic carbocycles. The summed E-state index contributed by atoms with van der Waals surface area (Å²) < 4.78 is 0. The summed E-state index contributed by atoms with van der Waals surface area (Å²) in [4.78, 5) is 1.58. The van der Waals surface area contributed by atoms with E-state index in [4.69, 9.17) is 5.41 Å². The molecule has 14 heavy (non-hydrogen) atoms. The van der Waals surface area contributed by atoms with E-state index in [0.717, 1.165) is 0 Å². The van der Waals surface area contributed by atoms with E-state index >= 15 is 0 Å². The molecule has 1 N–H and O–H groups in total. The third-order valence-corrected chi connectivity index (χ3v) is 2.03. The Morgan fingerprint density at radius 2 is 1.50 bits per heavy atom. The second kappa shape index (κ2) is 15.2. The van der Waals surface area contributed by atoms with Crippen LogP contribution in [0, 0.1) is 0 Å². The molecule has 0 atom stereocenters. The van der Waals surface area contributed by atoms with Crippen LogP contribution in [0.5, 0.6) is 0 Å². The molecule has 0 radical (unpaired) electrons. The van der Waals surface area contributed by atoms with Crippen molar-refractivity contribution in [2.45, 2.75) is 45.4 Å². The zero-order valence-corrected chi connectivity index (χ0v) is 10.6. The van der Waals surface area contributed by atoms with Crippen LogP contribution >= 0.6 is 12.2 Å². The van der Waals surface area contributed by atoms with Gasteiger partial charge in [0.15, 0.2) is 0 Å². The number of hydrogen-bond donors (Lipinski definition) is 1. The Morgan fingerprint density at radius 3 is 1.93 bits per heavy atom. The van der Waals surface area contributed by atoms with Crippen LogP contribution in [0.4, 0.5) is 0 Å². The summed E-state index contributed by atoms with van der Waals surface area (Å²) in [5, 5.41) is 8.47. The number of nitrogens with zero attached hydrogens (tertiary/aromatic N) is 1. The molecule has 0 aliphatic rings. The average Bonchev–Trinajstić information content (AvgIpc) is 2.12. The van der Waals surface area contributed by atoms with Crippen molar-refractivity contribution in [3.8, 4) is 0 Å². The van der Waals surface area contributed by atoms with Crippen molar-refractivity contribution in [3.63, 3.8) is 0 Å². The first-order chi connectivity index (χ1) is 6.68. The van der Waals surface area contributed by atoms with Gasteiger partial charge in [0.05, 0.1) is 20.6 Å². The van der Waals surface area contributed by atoms with Crippen LogP contribution in [-0.4, -0.2) is 25.8 Å². The van der Waals surface area contributed by atoms with Gasteiger partial charge in [0.2, 0.25) is 0 Å². The standard InChI is InChI=1S/C10H23N.CNS/c1-4-5-6-7-8-9-10-11(2)3;2-1-3/h4-10H2,1-3H3;/q;-1/p+1. The first-order valence-corrected chi connectivity index (χ1v) is 5.90. The van der Waals surface area contributed by atoms with E-state index < -0.39 is 0 Å². The van der Waals surface area contributed by atoms with Crippen LogP contribution in [0.25, 0.3) is 5.41 Å². The SMILES string of the molecule is CCCCCCCC[NH+](C)C.[N-]=C=S. The Morgan fingerprint density at radius 1 is 1.07 bits per heavy atom. The van der Waals surface area contributed by atoms with Crippen molar-refractivity contribution in [1.82, 2.24) is 0 Å². The Bertz CT molecular complexity index is 129. The fourth-order valence-corrected chi connectivity index (χ4v) is 1.26. The highest BCUT2D eigenvalue weighted by Gasteiger charge is 1.93. The average molecular weight is 216 g/mol. The Labute approximate surface area is 94.2 Å². The lowest BCUT2D eigenvalue weighted by Gasteiger charge is -2.05. The Kier molecular flexibility index (Phi) is 17.6. The molecule has 84 valence electrons. The van der Waals surface area contributed by atoms with Gasteiger partial charge < -0.3 is 10.3 Å². The quantitative estimate of drug-likeness (QED) is 0.394. The predicted octanol–water partition coefficient (Wildman–Crippen LogP) is 2.15. The molecule has 0 saturated heterocycles. The molecular formula is C11H24N2S. The molecular weight excluding hydrogens is 192 g/mol. The molecule has 0 heterocycles. The molecule has 2 nitrogen and oxygen atoms in total. The number of hydrogen-bond acceptors (Lipinski definition) is 1. The van der Waals surface area contributed by atoms with Crippen LogP contribution < -0.4 is 4.90 Å². The fraction of sp³-hybridized carbons (Fsp3) is 0.909. The molecule has 0 aliphatic carbocycles. The minimum Gasteiger partial charge on any atom is -0.753 e. The second-order valence-electron chi connectivity index (χ2n) is 3.82. The summed E-state index contributed by atoms with van der Waals surface area (Å²) in [6.45, 7) is 3.61. The van der Waals surface area contributed by atoms with Crippen LogP contribution in [0.3, 0.4) is 0 Å². The zero-order chi connectivity index (χ0) is 11.2. The summed E-state index contributed by atoms with van der Waals surface area (Å²) in [5.41, 5.74) is 0. The van der Waals surface area contributed by atoms with E-state index in [1.165, 1.54) is 50.2 Å². The lowest BCUT2D eigenvalue weighted by atomic mass is 10.1. The van der Waals surface area contributed by atoms with E-state index in [9.17, 15) is 0 Å². The normalized spacial score (nSPS) is 9.14. The van der Waals surface area contributed by atoms with Gasteiger partial charge in [0, 0.05) is 0 Å². The van der Waals surface area contributed by atoms with E-state index in [2.05, 4.69) is 33.2 Å². The molecule has 0 aromatic rings. The molecule has 0 fully saturated rings. The molecule has 0 saturated carbocycles. The molecule has 0 aromatic heterocycles. The first-order valence-electron chi connectivity index (χ1n) is 5.49. The molecule has 0 rings (SSSR count). The number of nitrogens with one attached hydrogen (secondary N) is 1. The molecule has 0 aliphatic heterocycles. The van der Waals surface area contributed by atoms with Crippen LogP contribution in [-0.2, 0) is 0 Å². The highest BCUT2D eigenvalue weighted by Crippen LogP contribution is 2.03. The maximum Gasteiger partial charge on any atom is 0.0766 e. The molecule has 0 spiro atoms. The van der Waals surface area contributed by atoms with Crippen molar-refractivity contribution >= 4 is 17.4 Å². The van der Waals surface area contributed by atoms with Crippen molar-refractivity contribution in [1.29, 1.82) is 0 Å². The van der Waals surface area contributed by atoms with Crippen LogP contribution in [0.1, 0.15) is 45.4 Å². The maximum absolute atomic E-state index is 7.13. The van der Waals surface area contributed by atoms with Gasteiger partial charge in [-0.05, 0) is 12.8 Å². The summed E-state index contributed by atoms with van der Waals surface area (Å²) in [6, 6.07) is 0. The van der Waals surface area contributed by atoms with Gasteiger partial charge in [-0.15, -0.1) is 0 Å². The van der Waals surface area contributed by atoms with Gasteiger partial charge in [-0.2, -0.15) is 5.16 Å². The number of unbranched alkanes of at least 4 members (excludes halogenated alkanes) is 5. The maximum atomic E-state index is 7.13. The van der Waals surface area contributed by atoms with Gasteiger partial charge in [0.1, 0.15) is 0 Å². The van der Waals surface area contributed by atoms with Crippen molar-refractivity contribution < 1.29 is 4.90 Å². The molecule has 3 heteroatoms. The third kappa shape index (κ3) is 22.6. The minimum atomic E-state index is 1.33. The van der Waals surface area contributed by atoms with Crippen molar-refractivity contribution in [2.24, 2.45) is 0 Å². The van der Waals surface area contributed by atoms with Gasteiger partial charge in [0.25, 0.3) is 0 Å². The summed E-state index contributed by atoms with van der Waals surface area (Å²) >= 11 is 3.70. The summed E-state index contributed by atoms with van der Waals surface area (Å²) in [6.07, 6.45) is 8.52. The third-order valence-electron chi connectivity index (χ3n) is 2.03. The van der Waals surface area contributed by atoms with Crippen molar-refractivity contribution in [3.05, 3.63) is 5.41 Å². The lowest BCUT2D eigenvalue weighted by Crippen LogP contribution is -3.05. The van der Waals surface area contributed by atoms with Crippen LogP contribution in [0.15, 0.2) is 0 Å². The van der Waals surface area contributed by atoms with Gasteiger partial charge in [-0.3, -0.25) is 0 Å². The largest absolute Gasteiger partial charge is 0.753 e. The summed E-state index contributed by atoms with van der Waals surface area (Å²) in [7, 11) is 4.46. The fourth-order valence-electron chi connectivity index (χ4n) is 1.26. The van der Waals surface area contributed by atoms with Crippen LogP contribution in [0.2, 0.25) is 0 Å². The van der Waals surface area contributed by atoms with Crippen molar-refractivity contribution in [2.75, 3.05) is 20.6 Å². The second-order valence-corrected chi connectivity index (χ2v) is 4.00. The Balaban J connectivity index is 0. The number of rotatable bonds is 7. The first kappa shape index (κ1) is 16.2. The zero-order valence-electron chi connectivity index (χ0n) is 9.81.